The summed E-state index contributed by atoms with van der Waals surface area (Å²) in [5.41, 5.74) is 3.31. The van der Waals surface area contributed by atoms with Gasteiger partial charge in [-0.25, -0.2) is 13.2 Å². The molecule has 0 saturated carbocycles. The highest BCUT2D eigenvalue weighted by Crippen LogP contribution is 2.38. The molecular formula is C22H27NO5S2. The number of esters is 1. The van der Waals surface area contributed by atoms with Gasteiger partial charge in [-0.2, -0.15) is 0 Å². The van der Waals surface area contributed by atoms with Gasteiger partial charge in [-0.15, -0.1) is 11.3 Å². The van der Waals surface area contributed by atoms with Gasteiger partial charge < -0.3 is 10.1 Å². The van der Waals surface area contributed by atoms with Crippen molar-refractivity contribution in [2.24, 2.45) is 0 Å². The summed E-state index contributed by atoms with van der Waals surface area (Å²) in [7, 11) is -3.18. The summed E-state index contributed by atoms with van der Waals surface area (Å²) in [6.07, 6.45) is 1.11. The van der Waals surface area contributed by atoms with Gasteiger partial charge in [0.2, 0.25) is 5.91 Å². The summed E-state index contributed by atoms with van der Waals surface area (Å²) in [5, 5.41) is 3.20. The molecule has 0 radical (unpaired) electrons. The van der Waals surface area contributed by atoms with Gasteiger partial charge in [-0.1, -0.05) is 38.1 Å². The van der Waals surface area contributed by atoms with Crippen molar-refractivity contribution in [3.05, 3.63) is 51.4 Å². The SMILES string of the molecule is CCOC(=O)c1c(NC(=O)CCc2ccc(C(C)C)cc2)sc2c1CCS(=O)(=O)C2. The molecule has 0 saturated heterocycles. The maximum atomic E-state index is 12.6. The Balaban J connectivity index is 1.74. The van der Waals surface area contributed by atoms with Crippen molar-refractivity contribution in [2.75, 3.05) is 17.7 Å². The molecule has 0 atom stereocenters. The first kappa shape index (κ1) is 22.5. The van der Waals surface area contributed by atoms with Crippen molar-refractivity contribution in [1.82, 2.24) is 0 Å². The molecule has 1 aliphatic heterocycles. The summed E-state index contributed by atoms with van der Waals surface area (Å²) in [6.45, 7) is 6.19. The molecule has 8 heteroatoms. The van der Waals surface area contributed by atoms with Gasteiger partial charge in [0.05, 0.1) is 23.7 Å². The van der Waals surface area contributed by atoms with Crippen LogP contribution in [0.5, 0.6) is 0 Å². The van der Waals surface area contributed by atoms with Crippen LogP contribution in [0.25, 0.3) is 0 Å². The summed E-state index contributed by atoms with van der Waals surface area (Å²) in [5.74, 6) is -0.374. The molecule has 162 valence electrons. The number of hydrogen-bond donors (Lipinski definition) is 1. The lowest BCUT2D eigenvalue weighted by molar-refractivity contribution is -0.116. The highest BCUT2D eigenvalue weighted by Gasteiger charge is 2.31. The third kappa shape index (κ3) is 5.29. The van der Waals surface area contributed by atoms with E-state index < -0.39 is 15.8 Å². The van der Waals surface area contributed by atoms with Crippen molar-refractivity contribution in [1.29, 1.82) is 0 Å². The first-order valence-corrected chi connectivity index (χ1v) is 12.7. The summed E-state index contributed by atoms with van der Waals surface area (Å²) in [4.78, 5) is 25.7. The standard InChI is InChI=1S/C22H27NO5S2/c1-4-28-22(25)20-17-11-12-30(26,27)13-18(17)29-21(20)23-19(24)10-7-15-5-8-16(9-6-15)14(2)3/h5-6,8-9,14H,4,7,10-13H2,1-3H3,(H,23,24). The van der Waals surface area contributed by atoms with Crippen LogP contribution in [0, 0.1) is 0 Å². The van der Waals surface area contributed by atoms with Crippen LogP contribution in [-0.2, 0) is 38.0 Å². The number of ether oxygens (including phenoxy) is 1. The average Bonchev–Trinajstić information content (AvgIpc) is 3.02. The van der Waals surface area contributed by atoms with Crippen molar-refractivity contribution in [2.45, 2.75) is 51.7 Å². The molecule has 0 spiro atoms. The number of aryl methyl sites for hydroxylation is 1. The van der Waals surface area contributed by atoms with E-state index in [0.717, 1.165) is 16.9 Å². The molecule has 1 amide bonds. The topological polar surface area (TPSA) is 89.5 Å². The number of anilines is 1. The first-order valence-electron chi connectivity index (χ1n) is 10.1. The minimum atomic E-state index is -3.18. The van der Waals surface area contributed by atoms with E-state index in [1.165, 1.54) is 5.56 Å². The van der Waals surface area contributed by atoms with Crippen LogP contribution >= 0.6 is 11.3 Å². The van der Waals surface area contributed by atoms with Crippen LogP contribution in [0.3, 0.4) is 0 Å². The number of carbonyl (C=O) groups is 2. The number of fused-ring (bicyclic) bond motifs is 1. The van der Waals surface area contributed by atoms with Gasteiger partial charge in [0.15, 0.2) is 9.84 Å². The third-order valence-electron chi connectivity index (χ3n) is 5.12. The molecule has 3 rings (SSSR count). The second-order valence-corrected chi connectivity index (χ2v) is 11.0. The number of hydrogen-bond acceptors (Lipinski definition) is 6. The number of nitrogens with one attached hydrogen (secondary N) is 1. The number of sulfone groups is 1. The van der Waals surface area contributed by atoms with Gasteiger partial charge in [0.25, 0.3) is 0 Å². The molecule has 1 aromatic heterocycles. The first-order chi connectivity index (χ1) is 14.2. The molecule has 6 nitrogen and oxygen atoms in total. The molecule has 30 heavy (non-hydrogen) atoms. The largest absolute Gasteiger partial charge is 0.462 e. The molecule has 0 aliphatic carbocycles. The Morgan fingerprint density at radius 2 is 1.90 bits per heavy atom. The molecule has 1 N–H and O–H groups in total. The van der Waals surface area contributed by atoms with Gasteiger partial charge in [0, 0.05) is 11.3 Å². The molecule has 1 aliphatic rings. The maximum Gasteiger partial charge on any atom is 0.341 e. The molecule has 2 heterocycles. The maximum absolute atomic E-state index is 12.6. The van der Waals surface area contributed by atoms with Gasteiger partial charge in [0.1, 0.15) is 5.00 Å². The highest BCUT2D eigenvalue weighted by atomic mass is 32.2. The minimum absolute atomic E-state index is 0.00287. The summed E-state index contributed by atoms with van der Waals surface area (Å²) in [6, 6.07) is 8.21. The predicted octanol–water partition coefficient (Wildman–Crippen LogP) is 4.09. The number of amides is 1. The molecule has 0 bridgehead atoms. The zero-order chi connectivity index (χ0) is 21.9. The van der Waals surface area contributed by atoms with Crippen LogP contribution in [0.15, 0.2) is 24.3 Å². The number of thiophene rings is 1. The van der Waals surface area contributed by atoms with Crippen molar-refractivity contribution < 1.29 is 22.7 Å². The van der Waals surface area contributed by atoms with E-state index in [4.69, 9.17) is 4.74 Å². The zero-order valence-corrected chi connectivity index (χ0v) is 19.1. The van der Waals surface area contributed by atoms with E-state index in [1.807, 2.05) is 12.1 Å². The molecule has 1 aromatic carbocycles. The smallest absolute Gasteiger partial charge is 0.341 e. The van der Waals surface area contributed by atoms with Crippen LogP contribution in [0.4, 0.5) is 5.00 Å². The lowest BCUT2D eigenvalue weighted by atomic mass is 10.0. The fourth-order valence-electron chi connectivity index (χ4n) is 3.45. The second-order valence-electron chi connectivity index (χ2n) is 7.71. The Kier molecular flexibility index (Phi) is 6.98. The van der Waals surface area contributed by atoms with E-state index in [1.54, 1.807) is 6.92 Å². The fourth-order valence-corrected chi connectivity index (χ4v) is 6.50. The van der Waals surface area contributed by atoms with Crippen LogP contribution in [0.1, 0.15) is 65.0 Å². The second kappa shape index (κ2) is 9.31. The number of benzene rings is 1. The van der Waals surface area contributed by atoms with Gasteiger partial charge in [-0.3, -0.25) is 4.79 Å². The molecule has 0 unspecified atom stereocenters. The van der Waals surface area contributed by atoms with Crippen molar-refractivity contribution in [3.8, 4) is 0 Å². The molecule has 2 aromatic rings. The summed E-state index contributed by atoms with van der Waals surface area (Å²) >= 11 is 1.16. The lowest BCUT2D eigenvalue weighted by Crippen LogP contribution is -2.20. The third-order valence-corrected chi connectivity index (χ3v) is 8.01. The Hall–Kier alpha value is -2.19. The van der Waals surface area contributed by atoms with Crippen molar-refractivity contribution in [3.63, 3.8) is 0 Å². The number of carbonyl (C=O) groups excluding carboxylic acids is 2. The normalized spacial score (nSPS) is 14.9. The van der Waals surface area contributed by atoms with E-state index in [-0.39, 0.29) is 36.9 Å². The fraction of sp³-hybridized carbons (Fsp3) is 0.455. The van der Waals surface area contributed by atoms with Crippen LogP contribution in [0.2, 0.25) is 0 Å². The lowest BCUT2D eigenvalue weighted by Gasteiger charge is -2.13. The minimum Gasteiger partial charge on any atom is -0.462 e. The van der Waals surface area contributed by atoms with E-state index in [0.29, 0.717) is 33.3 Å². The molecule has 0 fully saturated rings. The monoisotopic (exact) mass is 449 g/mol. The van der Waals surface area contributed by atoms with Crippen molar-refractivity contribution >= 4 is 38.1 Å². The van der Waals surface area contributed by atoms with E-state index in [9.17, 15) is 18.0 Å². The quantitative estimate of drug-likeness (QED) is 0.643. The van der Waals surface area contributed by atoms with E-state index in [2.05, 4.69) is 31.3 Å². The zero-order valence-electron chi connectivity index (χ0n) is 17.5. The highest BCUT2D eigenvalue weighted by molar-refractivity contribution is 7.90. The van der Waals surface area contributed by atoms with Crippen LogP contribution < -0.4 is 5.32 Å². The van der Waals surface area contributed by atoms with Gasteiger partial charge >= 0.3 is 5.97 Å². The Morgan fingerprint density at radius 1 is 1.20 bits per heavy atom. The Bertz CT molecular complexity index is 1040. The summed E-state index contributed by atoms with van der Waals surface area (Å²) < 4.78 is 29.1. The Labute approximate surface area is 181 Å². The molecular weight excluding hydrogens is 422 g/mol. The van der Waals surface area contributed by atoms with Gasteiger partial charge in [-0.05, 0) is 42.4 Å². The number of rotatable bonds is 7. The average molecular weight is 450 g/mol. The van der Waals surface area contributed by atoms with E-state index >= 15 is 0 Å². The predicted molar refractivity (Wildman–Crippen MR) is 119 cm³/mol. The van der Waals surface area contributed by atoms with Crippen LogP contribution in [-0.4, -0.2) is 32.7 Å². The Morgan fingerprint density at radius 3 is 2.53 bits per heavy atom.